The molecule has 3 aromatic rings. The quantitative estimate of drug-likeness (QED) is 0.600. The van der Waals surface area contributed by atoms with Crippen molar-refractivity contribution in [3.8, 4) is 0 Å². The lowest BCUT2D eigenvalue weighted by Crippen LogP contribution is -2.38. The van der Waals surface area contributed by atoms with Gasteiger partial charge >= 0.3 is 0 Å². The van der Waals surface area contributed by atoms with Crippen molar-refractivity contribution >= 4 is 46.3 Å². The van der Waals surface area contributed by atoms with E-state index < -0.39 is 0 Å². The van der Waals surface area contributed by atoms with Crippen molar-refractivity contribution < 1.29 is 9.59 Å². The van der Waals surface area contributed by atoms with Gasteiger partial charge in [-0.1, -0.05) is 24.6 Å². The maximum atomic E-state index is 12.9. The fourth-order valence-corrected chi connectivity index (χ4v) is 4.43. The van der Waals surface area contributed by atoms with Gasteiger partial charge in [-0.3, -0.25) is 14.5 Å². The van der Waals surface area contributed by atoms with Crippen molar-refractivity contribution in [3.05, 3.63) is 64.8 Å². The van der Waals surface area contributed by atoms with Crippen LogP contribution in [-0.2, 0) is 4.79 Å². The lowest BCUT2D eigenvalue weighted by Gasteiger charge is -2.32. The van der Waals surface area contributed by atoms with Crippen molar-refractivity contribution in [2.75, 3.05) is 18.0 Å². The van der Waals surface area contributed by atoms with Crippen molar-refractivity contribution in [2.24, 2.45) is 5.92 Å². The van der Waals surface area contributed by atoms with Gasteiger partial charge in [0.25, 0.3) is 5.91 Å². The summed E-state index contributed by atoms with van der Waals surface area (Å²) in [7, 11) is 0. The molecule has 0 bridgehead atoms. The Kier molecular flexibility index (Phi) is 5.02. The summed E-state index contributed by atoms with van der Waals surface area (Å²) in [4.78, 5) is 36.1. The highest BCUT2D eigenvalue weighted by molar-refractivity contribution is 6.30. The van der Waals surface area contributed by atoms with Gasteiger partial charge in [-0.15, -0.1) is 0 Å². The Bertz CT molecular complexity index is 1180. The molecule has 1 aromatic carbocycles. The first-order valence-electron chi connectivity index (χ1n) is 10.5. The van der Waals surface area contributed by atoms with Gasteiger partial charge in [0.2, 0.25) is 6.41 Å². The maximum Gasteiger partial charge on any atom is 0.254 e. The monoisotopic (exact) mass is 434 g/mol. The Labute approximate surface area is 185 Å². The second-order valence-electron chi connectivity index (χ2n) is 8.29. The molecule has 1 aliphatic carbocycles. The first kappa shape index (κ1) is 19.8. The molecule has 31 heavy (non-hydrogen) atoms. The van der Waals surface area contributed by atoms with Crippen molar-refractivity contribution in [3.63, 3.8) is 0 Å². The average molecular weight is 435 g/mol. The lowest BCUT2D eigenvalue weighted by atomic mass is 9.89. The zero-order valence-corrected chi connectivity index (χ0v) is 18.0. The predicted octanol–water partition coefficient (Wildman–Crippen LogP) is 4.52. The minimum Gasteiger partial charge on any atom is -0.346 e. The molecule has 1 unspecified atom stereocenters. The Balaban J connectivity index is 1.47. The van der Waals surface area contributed by atoms with E-state index in [9.17, 15) is 9.59 Å². The van der Waals surface area contributed by atoms with E-state index in [4.69, 9.17) is 11.6 Å². The Morgan fingerprint density at radius 3 is 2.71 bits per heavy atom. The lowest BCUT2D eigenvalue weighted by molar-refractivity contribution is -0.107. The van der Waals surface area contributed by atoms with E-state index in [-0.39, 0.29) is 17.9 Å². The van der Waals surface area contributed by atoms with Gasteiger partial charge in [0.05, 0.1) is 0 Å². The Hall–Kier alpha value is -3.12. The summed E-state index contributed by atoms with van der Waals surface area (Å²) >= 11 is 5.95. The minimum absolute atomic E-state index is 0.00175. The molecular formula is C24H23ClN4O2. The number of anilines is 1. The first-order chi connectivity index (χ1) is 15.0. The number of aromatic amines is 1. The molecule has 1 atom stereocenters. The first-order valence-corrected chi connectivity index (χ1v) is 10.9. The summed E-state index contributed by atoms with van der Waals surface area (Å²) < 4.78 is 0. The molecular weight excluding hydrogens is 412 g/mol. The normalized spacial score (nSPS) is 18.7. The third-order valence-electron chi connectivity index (χ3n) is 6.08. The molecule has 2 aromatic heterocycles. The highest BCUT2D eigenvalue weighted by Gasteiger charge is 2.31. The minimum atomic E-state index is 0.00175. The number of benzene rings is 1. The summed E-state index contributed by atoms with van der Waals surface area (Å²) in [5.74, 6) is 0.820. The van der Waals surface area contributed by atoms with Crippen LogP contribution in [0.15, 0.2) is 48.7 Å². The fraction of sp³-hybridized carbons (Fsp3) is 0.292. The van der Waals surface area contributed by atoms with Crippen LogP contribution in [0.4, 0.5) is 5.82 Å². The molecule has 0 saturated heterocycles. The predicted molar refractivity (Wildman–Crippen MR) is 122 cm³/mol. The average Bonchev–Trinajstić information content (AvgIpc) is 3.49. The molecule has 6 nitrogen and oxygen atoms in total. The molecule has 1 aliphatic heterocycles. The molecule has 7 heteroatoms. The number of aromatic nitrogens is 2. The molecule has 1 saturated carbocycles. The van der Waals surface area contributed by atoms with Crippen LogP contribution >= 0.6 is 11.6 Å². The number of hydrogen-bond acceptors (Lipinski definition) is 3. The third kappa shape index (κ3) is 3.72. The van der Waals surface area contributed by atoms with Gasteiger partial charge < -0.3 is 9.88 Å². The van der Waals surface area contributed by atoms with Crippen molar-refractivity contribution in [2.45, 2.75) is 25.8 Å². The van der Waals surface area contributed by atoms with Crippen LogP contribution in [0.3, 0.4) is 0 Å². The topological polar surface area (TPSA) is 69.3 Å². The SMILES string of the molecule is CC1CN(C(=O)c2ccc(Cl)cc2)CC=C1c1cc(N(C=O)C2CC2)nc2[nH]ccc12. The molecule has 2 amide bonds. The number of amides is 2. The number of carbonyl (C=O) groups is 2. The molecule has 3 heterocycles. The van der Waals surface area contributed by atoms with E-state index in [0.29, 0.717) is 29.5 Å². The summed E-state index contributed by atoms with van der Waals surface area (Å²) in [5.41, 5.74) is 3.65. The number of nitrogens with one attached hydrogen (secondary N) is 1. The summed E-state index contributed by atoms with van der Waals surface area (Å²) in [5, 5.41) is 1.64. The number of halogens is 1. The van der Waals surface area contributed by atoms with Gasteiger partial charge in [-0.2, -0.15) is 0 Å². The van der Waals surface area contributed by atoms with Crippen molar-refractivity contribution in [1.82, 2.24) is 14.9 Å². The molecule has 2 aliphatic rings. The zero-order valence-electron chi connectivity index (χ0n) is 17.2. The number of hydrogen-bond donors (Lipinski definition) is 1. The van der Waals surface area contributed by atoms with Gasteiger partial charge in [-0.25, -0.2) is 4.98 Å². The van der Waals surface area contributed by atoms with Gasteiger partial charge in [0, 0.05) is 41.3 Å². The second-order valence-corrected chi connectivity index (χ2v) is 8.73. The Morgan fingerprint density at radius 1 is 1.26 bits per heavy atom. The van der Waals surface area contributed by atoms with E-state index in [1.165, 1.54) is 5.57 Å². The highest BCUT2D eigenvalue weighted by atomic mass is 35.5. The van der Waals surface area contributed by atoms with E-state index in [1.807, 2.05) is 23.2 Å². The molecule has 0 spiro atoms. The number of rotatable bonds is 5. The van der Waals surface area contributed by atoms with Crippen LogP contribution in [0.5, 0.6) is 0 Å². The summed E-state index contributed by atoms with van der Waals surface area (Å²) in [6.45, 7) is 3.28. The highest BCUT2D eigenvalue weighted by Crippen LogP contribution is 2.37. The fourth-order valence-electron chi connectivity index (χ4n) is 4.30. The van der Waals surface area contributed by atoms with Crippen LogP contribution in [0.25, 0.3) is 16.6 Å². The maximum absolute atomic E-state index is 12.9. The van der Waals surface area contributed by atoms with E-state index in [2.05, 4.69) is 23.0 Å². The molecule has 1 fully saturated rings. The molecule has 158 valence electrons. The van der Waals surface area contributed by atoms with Crippen LogP contribution in [0.1, 0.15) is 35.7 Å². The van der Waals surface area contributed by atoms with E-state index in [0.717, 1.165) is 35.8 Å². The number of H-pyrrole nitrogens is 1. The van der Waals surface area contributed by atoms with Gasteiger partial charge in [0.15, 0.2) is 0 Å². The third-order valence-corrected chi connectivity index (χ3v) is 6.33. The van der Waals surface area contributed by atoms with Crippen LogP contribution in [0, 0.1) is 5.92 Å². The van der Waals surface area contributed by atoms with E-state index in [1.54, 1.807) is 29.2 Å². The number of carbonyl (C=O) groups excluding carboxylic acids is 2. The van der Waals surface area contributed by atoms with Gasteiger partial charge in [0.1, 0.15) is 11.5 Å². The van der Waals surface area contributed by atoms with Crippen LogP contribution in [-0.4, -0.2) is 46.3 Å². The standard InChI is InChI=1S/C24H23ClN4O2/c1-15-13-28(24(31)16-2-4-17(25)5-3-16)11-9-19(15)21-12-22(29(14-30)18-6-7-18)27-23-20(21)8-10-26-23/h2-5,8-10,12,14-15,18H,6-7,11,13H2,1H3,(H,26,27). The number of fused-ring (bicyclic) bond motifs is 1. The van der Waals surface area contributed by atoms with Crippen LogP contribution < -0.4 is 4.90 Å². The summed E-state index contributed by atoms with van der Waals surface area (Å²) in [6, 6.07) is 11.3. The van der Waals surface area contributed by atoms with E-state index >= 15 is 0 Å². The molecule has 1 N–H and O–H groups in total. The van der Waals surface area contributed by atoms with Crippen molar-refractivity contribution in [1.29, 1.82) is 0 Å². The second kappa shape index (κ2) is 7.85. The smallest absolute Gasteiger partial charge is 0.254 e. The summed E-state index contributed by atoms with van der Waals surface area (Å²) in [6.07, 6.45) is 6.90. The molecule has 0 radical (unpaired) electrons. The van der Waals surface area contributed by atoms with Crippen LogP contribution in [0.2, 0.25) is 5.02 Å². The van der Waals surface area contributed by atoms with Gasteiger partial charge in [-0.05, 0) is 66.3 Å². The molecule has 5 rings (SSSR count). The Morgan fingerprint density at radius 2 is 2.03 bits per heavy atom. The number of nitrogens with zero attached hydrogens (tertiary/aromatic N) is 3. The zero-order chi connectivity index (χ0) is 21.5. The largest absolute Gasteiger partial charge is 0.346 e. The number of pyridine rings is 1.